The van der Waals surface area contributed by atoms with Crippen LogP contribution in [0.2, 0.25) is 5.02 Å². The van der Waals surface area contributed by atoms with Gasteiger partial charge in [-0.15, -0.1) is 0 Å². The van der Waals surface area contributed by atoms with Crippen LogP contribution in [0, 0.1) is 0 Å². The normalized spacial score (nSPS) is 15.1. The van der Waals surface area contributed by atoms with E-state index in [9.17, 15) is 4.79 Å². The Morgan fingerprint density at radius 3 is 2.47 bits per heavy atom. The maximum atomic E-state index is 13.0. The van der Waals surface area contributed by atoms with Crippen LogP contribution < -0.4 is 10.2 Å². The highest BCUT2D eigenvalue weighted by Crippen LogP contribution is 2.36. The molecule has 1 atom stereocenters. The number of nitrogens with one attached hydrogen (secondary N) is 1. The Kier molecular flexibility index (Phi) is 5.39. The Bertz CT molecular complexity index is 1270. The van der Waals surface area contributed by atoms with Crippen LogP contribution in [0.3, 0.4) is 0 Å². The summed E-state index contributed by atoms with van der Waals surface area (Å²) in [6.07, 6.45) is 2.08. The smallest absolute Gasteiger partial charge is 0.251 e. The quantitative estimate of drug-likeness (QED) is 0.495. The molecule has 1 N–H and O–H groups in total. The number of fused-ring (bicyclic) bond motifs is 1. The summed E-state index contributed by atoms with van der Waals surface area (Å²) in [6.45, 7) is 0.0368. The molecule has 1 aliphatic heterocycles. The Hall–Kier alpha value is -3.97. The number of carbonyl (C=O) groups is 1. The molecule has 3 aromatic carbocycles. The van der Waals surface area contributed by atoms with E-state index in [0.717, 1.165) is 16.8 Å². The second kappa shape index (κ2) is 8.64. The highest BCUT2D eigenvalue weighted by Gasteiger charge is 2.31. The number of amides is 1. The molecule has 158 valence electrons. The van der Waals surface area contributed by atoms with Gasteiger partial charge in [-0.25, -0.2) is 0 Å². The molecule has 0 fully saturated rings. The maximum absolute atomic E-state index is 13.0. The molecule has 1 aromatic heterocycles. The van der Waals surface area contributed by atoms with Crippen molar-refractivity contribution in [2.45, 2.75) is 6.04 Å². The molecule has 7 nitrogen and oxygen atoms in total. The summed E-state index contributed by atoms with van der Waals surface area (Å²) in [5.74, 6) is 0.295. The van der Waals surface area contributed by atoms with E-state index in [0.29, 0.717) is 16.7 Å². The van der Waals surface area contributed by atoms with Gasteiger partial charge in [-0.1, -0.05) is 83.4 Å². The minimum atomic E-state index is -0.207. The fourth-order valence-electron chi connectivity index (χ4n) is 3.78. The van der Waals surface area contributed by atoms with E-state index in [1.165, 1.54) is 0 Å². The van der Waals surface area contributed by atoms with E-state index in [1.807, 2.05) is 65.6 Å². The first kappa shape index (κ1) is 20.0. The van der Waals surface area contributed by atoms with Crippen LogP contribution >= 0.6 is 11.6 Å². The van der Waals surface area contributed by atoms with Crippen LogP contribution in [0.1, 0.15) is 17.2 Å². The SMILES string of the molecule is O=C(CN1C(c2ccccc2)=C[C@@H](c2ccccc2)n2nnnc21)Nc1cccc(Cl)c1. The van der Waals surface area contributed by atoms with Gasteiger partial charge in [0.1, 0.15) is 12.6 Å². The lowest BCUT2D eigenvalue weighted by molar-refractivity contribution is -0.114. The molecule has 0 radical (unpaired) electrons. The summed E-state index contributed by atoms with van der Waals surface area (Å²) in [5.41, 5.74) is 3.52. The van der Waals surface area contributed by atoms with Gasteiger partial charge in [0.05, 0.1) is 5.70 Å². The third-order valence-corrected chi connectivity index (χ3v) is 5.44. The fourth-order valence-corrected chi connectivity index (χ4v) is 3.97. The van der Waals surface area contributed by atoms with Gasteiger partial charge in [0.25, 0.3) is 5.95 Å². The van der Waals surface area contributed by atoms with Crippen LogP contribution in [0.4, 0.5) is 11.6 Å². The van der Waals surface area contributed by atoms with Gasteiger partial charge in [-0.2, -0.15) is 4.68 Å². The van der Waals surface area contributed by atoms with Crippen LogP contribution in [-0.2, 0) is 4.79 Å². The van der Waals surface area contributed by atoms with Crippen molar-refractivity contribution >= 4 is 34.8 Å². The summed E-state index contributed by atoms with van der Waals surface area (Å²) in [7, 11) is 0. The third-order valence-electron chi connectivity index (χ3n) is 5.21. The zero-order valence-corrected chi connectivity index (χ0v) is 17.7. The van der Waals surface area contributed by atoms with E-state index in [1.54, 1.807) is 28.9 Å². The van der Waals surface area contributed by atoms with Gasteiger partial charge in [0, 0.05) is 10.7 Å². The number of nitrogens with zero attached hydrogens (tertiary/aromatic N) is 5. The van der Waals surface area contributed by atoms with Crippen molar-refractivity contribution < 1.29 is 4.79 Å². The average molecular weight is 443 g/mol. The van der Waals surface area contributed by atoms with Gasteiger partial charge < -0.3 is 5.32 Å². The standard InChI is InChI=1S/C24H19ClN6O/c25-19-12-7-13-20(14-19)26-23(32)16-30-21(17-8-3-1-4-9-17)15-22(18-10-5-2-6-11-18)31-24(30)27-28-29-31/h1-15,22H,16H2,(H,26,32)/t22-/m0/s1. The second-order valence-corrected chi connectivity index (χ2v) is 7.78. The number of carbonyl (C=O) groups excluding carboxylic acids is 1. The zero-order valence-electron chi connectivity index (χ0n) is 17.0. The molecule has 0 aliphatic carbocycles. The lowest BCUT2D eigenvalue weighted by atomic mass is 10.0. The highest BCUT2D eigenvalue weighted by atomic mass is 35.5. The molecule has 1 amide bonds. The van der Waals surface area contributed by atoms with Crippen molar-refractivity contribution in [3.63, 3.8) is 0 Å². The van der Waals surface area contributed by atoms with Gasteiger partial charge in [-0.05, 0) is 45.8 Å². The first-order valence-corrected chi connectivity index (χ1v) is 10.5. The van der Waals surface area contributed by atoms with E-state index in [-0.39, 0.29) is 18.5 Å². The van der Waals surface area contributed by atoms with E-state index in [2.05, 4.69) is 26.9 Å². The minimum Gasteiger partial charge on any atom is -0.324 e. The maximum Gasteiger partial charge on any atom is 0.251 e. The predicted octanol–water partition coefficient (Wildman–Crippen LogP) is 4.42. The molecular weight excluding hydrogens is 424 g/mol. The van der Waals surface area contributed by atoms with E-state index in [4.69, 9.17) is 11.6 Å². The molecule has 0 unspecified atom stereocenters. The number of hydrogen-bond donors (Lipinski definition) is 1. The number of allylic oxidation sites excluding steroid dienone is 1. The zero-order chi connectivity index (χ0) is 21.9. The van der Waals surface area contributed by atoms with Gasteiger partial charge >= 0.3 is 0 Å². The molecule has 0 bridgehead atoms. The Balaban J connectivity index is 1.52. The van der Waals surface area contributed by atoms with Crippen molar-refractivity contribution in [2.75, 3.05) is 16.8 Å². The number of benzene rings is 3. The largest absolute Gasteiger partial charge is 0.324 e. The van der Waals surface area contributed by atoms with Crippen LogP contribution in [0.5, 0.6) is 0 Å². The summed E-state index contributed by atoms with van der Waals surface area (Å²) in [4.78, 5) is 14.8. The Labute approximate surface area is 189 Å². The predicted molar refractivity (Wildman–Crippen MR) is 124 cm³/mol. The summed E-state index contributed by atoms with van der Waals surface area (Å²) in [6, 6.07) is 26.8. The average Bonchev–Trinajstić information content (AvgIpc) is 3.30. The van der Waals surface area contributed by atoms with Crippen molar-refractivity contribution in [1.29, 1.82) is 0 Å². The Morgan fingerprint density at radius 2 is 1.72 bits per heavy atom. The lowest BCUT2D eigenvalue weighted by Gasteiger charge is -2.32. The number of rotatable bonds is 5. The molecule has 5 rings (SSSR count). The summed E-state index contributed by atoms with van der Waals surface area (Å²) >= 11 is 6.05. The van der Waals surface area contributed by atoms with Crippen molar-refractivity contribution in [1.82, 2.24) is 20.2 Å². The number of anilines is 2. The highest BCUT2D eigenvalue weighted by molar-refractivity contribution is 6.30. The van der Waals surface area contributed by atoms with E-state index >= 15 is 0 Å². The first-order valence-electron chi connectivity index (χ1n) is 10.1. The fraction of sp³-hybridized carbons (Fsp3) is 0.0833. The van der Waals surface area contributed by atoms with Crippen molar-refractivity contribution in [2.24, 2.45) is 0 Å². The molecule has 8 heteroatoms. The number of tetrazole rings is 1. The number of hydrogen-bond acceptors (Lipinski definition) is 5. The number of aromatic nitrogens is 4. The third kappa shape index (κ3) is 3.98. The molecule has 0 saturated carbocycles. The summed E-state index contributed by atoms with van der Waals surface area (Å²) < 4.78 is 1.73. The lowest BCUT2D eigenvalue weighted by Crippen LogP contribution is -2.37. The molecule has 2 heterocycles. The van der Waals surface area contributed by atoms with Gasteiger partial charge in [0.15, 0.2) is 0 Å². The molecule has 4 aromatic rings. The number of halogens is 1. The van der Waals surface area contributed by atoms with E-state index < -0.39 is 0 Å². The molecule has 0 spiro atoms. The topological polar surface area (TPSA) is 75.9 Å². The first-order chi connectivity index (χ1) is 15.7. The second-order valence-electron chi connectivity index (χ2n) is 7.34. The van der Waals surface area contributed by atoms with Crippen LogP contribution in [0.25, 0.3) is 5.70 Å². The van der Waals surface area contributed by atoms with Crippen molar-refractivity contribution in [3.05, 3.63) is 107 Å². The molecular formula is C24H19ClN6O. The molecule has 32 heavy (non-hydrogen) atoms. The Morgan fingerprint density at radius 1 is 0.969 bits per heavy atom. The van der Waals surface area contributed by atoms with Gasteiger partial charge in [0.2, 0.25) is 5.91 Å². The van der Waals surface area contributed by atoms with Crippen LogP contribution in [-0.4, -0.2) is 32.7 Å². The van der Waals surface area contributed by atoms with Crippen LogP contribution in [0.15, 0.2) is 91.0 Å². The molecule has 0 saturated heterocycles. The van der Waals surface area contributed by atoms with Crippen molar-refractivity contribution in [3.8, 4) is 0 Å². The minimum absolute atomic E-state index is 0.0368. The monoisotopic (exact) mass is 442 g/mol. The summed E-state index contributed by atoms with van der Waals surface area (Å²) in [5, 5.41) is 15.8. The van der Waals surface area contributed by atoms with Gasteiger partial charge in [-0.3, -0.25) is 9.69 Å². The molecule has 1 aliphatic rings.